The Kier molecular flexibility index (Phi) is 7.31. The number of rotatable bonds is 9. The van der Waals surface area contributed by atoms with Gasteiger partial charge in [0.2, 0.25) is 0 Å². The molecule has 1 aliphatic carbocycles. The summed E-state index contributed by atoms with van der Waals surface area (Å²) in [5, 5.41) is 5.47. The van der Waals surface area contributed by atoms with E-state index in [1.54, 1.807) is 30.0 Å². The Balaban J connectivity index is 1.90. The molecule has 0 aliphatic heterocycles. The van der Waals surface area contributed by atoms with E-state index in [2.05, 4.69) is 10.6 Å². The molecule has 0 aromatic heterocycles. The maximum Gasteiger partial charge on any atom is 0.329 e. The minimum Gasteiger partial charge on any atom is -0.454 e. The van der Waals surface area contributed by atoms with Crippen LogP contribution in [0.1, 0.15) is 35.2 Å². The van der Waals surface area contributed by atoms with Gasteiger partial charge in [-0.05, 0) is 50.3 Å². The summed E-state index contributed by atoms with van der Waals surface area (Å²) in [4.78, 5) is 36.3. The monoisotopic (exact) mass is 364 g/mol. The normalized spacial score (nSPS) is 14.5. The molecule has 1 aliphatic rings. The van der Waals surface area contributed by atoms with E-state index < -0.39 is 12.0 Å². The smallest absolute Gasteiger partial charge is 0.329 e. The fourth-order valence-corrected chi connectivity index (χ4v) is 2.72. The summed E-state index contributed by atoms with van der Waals surface area (Å²) in [6.45, 7) is 1.58. The summed E-state index contributed by atoms with van der Waals surface area (Å²) in [6.07, 6.45) is 4.32. The Bertz CT molecular complexity index is 631. The molecule has 1 atom stereocenters. The fourth-order valence-electron chi connectivity index (χ4n) is 2.25. The zero-order chi connectivity index (χ0) is 18.2. The van der Waals surface area contributed by atoms with Crippen LogP contribution in [-0.2, 0) is 14.3 Å². The third-order valence-corrected chi connectivity index (χ3v) is 4.41. The van der Waals surface area contributed by atoms with Crippen molar-refractivity contribution in [2.24, 2.45) is 0 Å². The summed E-state index contributed by atoms with van der Waals surface area (Å²) in [7, 11) is 0. The topological polar surface area (TPSA) is 84.5 Å². The van der Waals surface area contributed by atoms with E-state index in [0.717, 1.165) is 18.4 Å². The molecule has 1 aromatic carbocycles. The molecular weight excluding hydrogens is 340 g/mol. The lowest BCUT2D eigenvalue weighted by atomic mass is 10.1. The van der Waals surface area contributed by atoms with E-state index in [9.17, 15) is 14.4 Å². The molecule has 25 heavy (non-hydrogen) atoms. The van der Waals surface area contributed by atoms with Gasteiger partial charge in [-0.25, -0.2) is 4.79 Å². The summed E-state index contributed by atoms with van der Waals surface area (Å²) in [6, 6.07) is 6.60. The SMILES string of the molecule is CSCCC(NC(=O)c1cccc(C)c1)C(=O)OCC(=O)NC1CC1. The van der Waals surface area contributed by atoms with Crippen LogP contribution in [0.5, 0.6) is 0 Å². The molecule has 1 unspecified atom stereocenters. The van der Waals surface area contributed by atoms with Crippen molar-refractivity contribution >= 4 is 29.5 Å². The van der Waals surface area contributed by atoms with Crippen LogP contribution in [0.3, 0.4) is 0 Å². The molecule has 0 radical (unpaired) electrons. The van der Waals surface area contributed by atoms with Crippen LogP contribution in [0.15, 0.2) is 24.3 Å². The molecule has 2 N–H and O–H groups in total. The van der Waals surface area contributed by atoms with E-state index in [1.807, 2.05) is 19.2 Å². The van der Waals surface area contributed by atoms with Gasteiger partial charge in [-0.2, -0.15) is 11.8 Å². The highest BCUT2D eigenvalue weighted by Gasteiger charge is 2.26. The lowest BCUT2D eigenvalue weighted by molar-refractivity contribution is -0.150. The zero-order valence-corrected chi connectivity index (χ0v) is 15.4. The Morgan fingerprint density at radius 3 is 2.72 bits per heavy atom. The number of hydrogen-bond donors (Lipinski definition) is 2. The van der Waals surface area contributed by atoms with E-state index in [0.29, 0.717) is 17.7 Å². The first-order chi connectivity index (χ1) is 12.0. The van der Waals surface area contributed by atoms with Crippen LogP contribution < -0.4 is 10.6 Å². The van der Waals surface area contributed by atoms with E-state index in [1.165, 1.54) is 0 Å². The number of aryl methyl sites for hydroxylation is 1. The molecule has 136 valence electrons. The van der Waals surface area contributed by atoms with Gasteiger partial charge < -0.3 is 15.4 Å². The molecule has 0 spiro atoms. The Morgan fingerprint density at radius 2 is 2.08 bits per heavy atom. The van der Waals surface area contributed by atoms with Crippen molar-refractivity contribution in [2.75, 3.05) is 18.6 Å². The lowest BCUT2D eigenvalue weighted by Crippen LogP contribution is -2.43. The fraction of sp³-hybridized carbons (Fsp3) is 0.500. The van der Waals surface area contributed by atoms with Crippen LogP contribution in [0.25, 0.3) is 0 Å². The van der Waals surface area contributed by atoms with Gasteiger partial charge >= 0.3 is 5.97 Å². The van der Waals surface area contributed by atoms with Crippen molar-refractivity contribution in [2.45, 2.75) is 38.3 Å². The predicted molar refractivity (Wildman–Crippen MR) is 97.6 cm³/mol. The van der Waals surface area contributed by atoms with Crippen molar-refractivity contribution in [3.8, 4) is 0 Å². The van der Waals surface area contributed by atoms with Crippen molar-refractivity contribution in [3.63, 3.8) is 0 Å². The highest BCUT2D eigenvalue weighted by Crippen LogP contribution is 2.18. The van der Waals surface area contributed by atoms with Crippen molar-refractivity contribution in [1.29, 1.82) is 0 Å². The van der Waals surface area contributed by atoms with Crippen LogP contribution in [0, 0.1) is 6.92 Å². The Hall–Kier alpha value is -2.02. The van der Waals surface area contributed by atoms with Gasteiger partial charge in [0.25, 0.3) is 11.8 Å². The summed E-state index contributed by atoms with van der Waals surface area (Å²) < 4.78 is 5.08. The molecule has 0 bridgehead atoms. The zero-order valence-electron chi connectivity index (χ0n) is 14.5. The second-order valence-corrected chi connectivity index (χ2v) is 7.11. The van der Waals surface area contributed by atoms with Gasteiger partial charge in [0.05, 0.1) is 0 Å². The van der Waals surface area contributed by atoms with Crippen molar-refractivity contribution in [3.05, 3.63) is 35.4 Å². The van der Waals surface area contributed by atoms with Gasteiger partial charge in [-0.1, -0.05) is 17.7 Å². The summed E-state index contributed by atoms with van der Waals surface area (Å²) in [5.41, 5.74) is 1.46. The van der Waals surface area contributed by atoms with Gasteiger partial charge in [0.1, 0.15) is 6.04 Å². The Morgan fingerprint density at radius 1 is 1.32 bits per heavy atom. The molecule has 2 amide bonds. The first-order valence-corrected chi connectivity index (χ1v) is 9.71. The van der Waals surface area contributed by atoms with E-state index >= 15 is 0 Å². The van der Waals surface area contributed by atoms with Gasteiger partial charge in [0.15, 0.2) is 6.61 Å². The molecule has 6 nitrogen and oxygen atoms in total. The standard InChI is InChI=1S/C18H24N2O4S/c1-12-4-3-5-13(10-12)17(22)20-15(8-9-25-2)18(23)24-11-16(21)19-14-6-7-14/h3-5,10,14-15H,6-9,11H2,1-2H3,(H,19,21)(H,20,22). The number of nitrogens with one attached hydrogen (secondary N) is 2. The van der Waals surface area contributed by atoms with E-state index in [4.69, 9.17) is 4.74 Å². The van der Waals surface area contributed by atoms with Crippen LogP contribution in [0.2, 0.25) is 0 Å². The second-order valence-electron chi connectivity index (χ2n) is 6.13. The summed E-state index contributed by atoms with van der Waals surface area (Å²) >= 11 is 1.58. The number of amides is 2. The number of carbonyl (C=O) groups is 3. The number of thioether (sulfide) groups is 1. The molecule has 7 heteroatoms. The second kappa shape index (κ2) is 9.46. The van der Waals surface area contributed by atoms with Gasteiger partial charge in [0, 0.05) is 11.6 Å². The maximum absolute atomic E-state index is 12.4. The number of carbonyl (C=O) groups excluding carboxylic acids is 3. The minimum atomic E-state index is -0.769. The average Bonchev–Trinajstić information content (AvgIpc) is 3.40. The van der Waals surface area contributed by atoms with Gasteiger partial charge in [-0.3, -0.25) is 9.59 Å². The highest BCUT2D eigenvalue weighted by atomic mass is 32.2. The molecule has 1 saturated carbocycles. The third-order valence-electron chi connectivity index (χ3n) is 3.77. The average molecular weight is 364 g/mol. The molecule has 2 rings (SSSR count). The number of ether oxygens (including phenoxy) is 1. The van der Waals surface area contributed by atoms with E-state index in [-0.39, 0.29) is 24.5 Å². The number of esters is 1. The predicted octanol–water partition coefficient (Wildman–Crippen LogP) is 1.67. The number of benzene rings is 1. The molecule has 1 aromatic rings. The highest BCUT2D eigenvalue weighted by molar-refractivity contribution is 7.98. The molecule has 1 fully saturated rings. The largest absolute Gasteiger partial charge is 0.454 e. The minimum absolute atomic E-state index is 0.222. The summed E-state index contributed by atoms with van der Waals surface area (Å²) in [5.74, 6) is -0.512. The maximum atomic E-state index is 12.4. The molecule has 0 saturated heterocycles. The van der Waals surface area contributed by atoms with Crippen LogP contribution in [-0.4, -0.2) is 48.5 Å². The van der Waals surface area contributed by atoms with Crippen LogP contribution >= 0.6 is 11.8 Å². The van der Waals surface area contributed by atoms with Gasteiger partial charge in [-0.15, -0.1) is 0 Å². The van der Waals surface area contributed by atoms with Crippen molar-refractivity contribution in [1.82, 2.24) is 10.6 Å². The van der Waals surface area contributed by atoms with Crippen molar-refractivity contribution < 1.29 is 19.1 Å². The number of hydrogen-bond acceptors (Lipinski definition) is 5. The molecular formula is C18H24N2O4S. The quantitative estimate of drug-likeness (QED) is 0.651. The molecule has 0 heterocycles. The third kappa shape index (κ3) is 6.78. The Labute approximate surface area is 152 Å². The van der Waals surface area contributed by atoms with Crippen LogP contribution in [0.4, 0.5) is 0 Å². The first kappa shape index (κ1) is 19.3. The first-order valence-electron chi connectivity index (χ1n) is 8.32. The lowest BCUT2D eigenvalue weighted by Gasteiger charge is -2.17.